The third-order valence-electron chi connectivity index (χ3n) is 7.65. The molecule has 3 rings (SSSR count). The van der Waals surface area contributed by atoms with E-state index in [2.05, 4.69) is 20.8 Å². The minimum absolute atomic E-state index is 0.0872. The second-order valence-electron chi connectivity index (χ2n) is 12.5. The molecule has 1 saturated heterocycles. The van der Waals surface area contributed by atoms with Gasteiger partial charge in [-0.25, -0.2) is 0 Å². The Morgan fingerprint density at radius 3 is 2.36 bits per heavy atom. The summed E-state index contributed by atoms with van der Waals surface area (Å²) < 4.78 is 11.4. The molecule has 0 unspecified atom stereocenters. The van der Waals surface area contributed by atoms with E-state index in [0.717, 1.165) is 22.4 Å². The van der Waals surface area contributed by atoms with Gasteiger partial charge in [0, 0.05) is 37.2 Å². The summed E-state index contributed by atoms with van der Waals surface area (Å²) in [4.78, 5) is 27.0. The van der Waals surface area contributed by atoms with Crippen LogP contribution in [0.1, 0.15) is 68.8 Å². The number of carbonyl (C=O) groups excluding carboxylic acids is 2. The first kappa shape index (κ1) is 35.4. The van der Waals surface area contributed by atoms with Crippen LogP contribution in [0.2, 0.25) is 0 Å². The van der Waals surface area contributed by atoms with E-state index in [1.54, 1.807) is 13.8 Å². The van der Waals surface area contributed by atoms with Gasteiger partial charge in [-0.1, -0.05) is 38.1 Å². The van der Waals surface area contributed by atoms with Crippen LogP contribution in [0, 0.1) is 0 Å². The summed E-state index contributed by atoms with van der Waals surface area (Å²) >= 11 is 0. The highest BCUT2D eigenvalue weighted by atomic mass is 16.7. The fraction of sp³-hybridized carbons (Fsp3) is 0.645. The average molecular weight is 620 g/mol. The van der Waals surface area contributed by atoms with Gasteiger partial charge in [0.05, 0.1) is 6.61 Å². The molecule has 13 heteroatoms. The SMILES string of the molecule is CC(C)c1[nH]nc(O[C@@H]2O[C@H](CO)[C@H](O)[C@H](O)[C@H]2O)c1Cc1ccc(CCCC(=O)NC(C)(C)C(=O)NCCN(C)C)cc1. The van der Waals surface area contributed by atoms with E-state index in [4.69, 9.17) is 9.47 Å². The third kappa shape index (κ3) is 9.46. The van der Waals surface area contributed by atoms with Crippen LogP contribution in [-0.2, 0) is 27.2 Å². The molecule has 1 aromatic carbocycles. The number of aromatic nitrogens is 2. The highest BCUT2D eigenvalue weighted by Crippen LogP contribution is 2.31. The van der Waals surface area contributed by atoms with Crippen molar-refractivity contribution in [3.05, 3.63) is 46.6 Å². The van der Waals surface area contributed by atoms with Crippen molar-refractivity contribution in [1.29, 1.82) is 0 Å². The summed E-state index contributed by atoms with van der Waals surface area (Å²) in [5.41, 5.74) is 2.65. The maximum atomic E-state index is 12.5. The lowest BCUT2D eigenvalue weighted by Crippen LogP contribution is -2.60. The Morgan fingerprint density at radius 1 is 1.09 bits per heavy atom. The molecule has 7 N–H and O–H groups in total. The van der Waals surface area contributed by atoms with E-state index < -0.39 is 42.9 Å². The summed E-state index contributed by atoms with van der Waals surface area (Å²) in [7, 11) is 3.85. The van der Waals surface area contributed by atoms with Gasteiger partial charge in [0.25, 0.3) is 0 Å². The lowest BCUT2D eigenvalue weighted by Gasteiger charge is -2.39. The summed E-state index contributed by atoms with van der Waals surface area (Å²) in [6, 6.07) is 7.99. The largest absolute Gasteiger partial charge is 0.443 e. The van der Waals surface area contributed by atoms with Crippen LogP contribution in [0.5, 0.6) is 5.88 Å². The topological polar surface area (TPSA) is 190 Å². The molecule has 1 fully saturated rings. The second kappa shape index (κ2) is 15.8. The summed E-state index contributed by atoms with van der Waals surface area (Å²) in [6.45, 7) is 8.07. The molecule has 2 amide bonds. The Bertz CT molecular complexity index is 1210. The highest BCUT2D eigenvalue weighted by molar-refractivity contribution is 5.90. The maximum absolute atomic E-state index is 12.5. The summed E-state index contributed by atoms with van der Waals surface area (Å²) in [5.74, 6) is -0.114. The molecule has 1 aliphatic rings. The van der Waals surface area contributed by atoms with Crippen LogP contribution in [0.15, 0.2) is 24.3 Å². The van der Waals surface area contributed by atoms with Crippen molar-refractivity contribution in [2.45, 2.75) is 95.5 Å². The number of aliphatic hydroxyl groups is 4. The van der Waals surface area contributed by atoms with Gasteiger partial charge in [0.15, 0.2) is 0 Å². The monoisotopic (exact) mass is 619 g/mol. The number of amides is 2. The Kier molecular flexibility index (Phi) is 12.7. The van der Waals surface area contributed by atoms with Crippen LogP contribution in [0.4, 0.5) is 0 Å². The average Bonchev–Trinajstić information content (AvgIpc) is 3.35. The van der Waals surface area contributed by atoms with E-state index in [9.17, 15) is 30.0 Å². The Hall–Kier alpha value is -3.07. The standard InChI is InChI=1S/C31H49N5O8/c1-18(2)24-21(28(35-34-24)44-29-27(41)26(40)25(39)22(17-37)43-29)16-20-12-10-19(11-13-20)8-7-9-23(38)33-31(3,4)30(42)32-14-15-36(5)6/h10-13,18,22,25-27,29,37,39-41H,7-9,14-17H2,1-6H3,(H,32,42)(H,33,38)(H,34,35)/t22-,25+,26+,27-,29+/m1/s1. The van der Waals surface area contributed by atoms with Gasteiger partial charge in [-0.15, -0.1) is 5.10 Å². The normalized spacial score (nSPS) is 22.3. The fourth-order valence-electron chi connectivity index (χ4n) is 4.94. The van der Waals surface area contributed by atoms with Crippen molar-refractivity contribution in [2.75, 3.05) is 33.8 Å². The molecule has 0 saturated carbocycles. The van der Waals surface area contributed by atoms with Gasteiger partial charge in [-0.2, -0.15) is 0 Å². The van der Waals surface area contributed by atoms with E-state index in [0.29, 0.717) is 38.8 Å². The fourth-order valence-corrected chi connectivity index (χ4v) is 4.94. The van der Waals surface area contributed by atoms with Gasteiger partial charge in [-0.3, -0.25) is 14.7 Å². The van der Waals surface area contributed by atoms with Crippen molar-refractivity contribution in [2.24, 2.45) is 0 Å². The number of nitrogens with one attached hydrogen (secondary N) is 3. The smallest absolute Gasteiger partial charge is 0.245 e. The van der Waals surface area contributed by atoms with Gasteiger partial charge in [0.1, 0.15) is 30.0 Å². The molecule has 246 valence electrons. The summed E-state index contributed by atoms with van der Waals surface area (Å²) in [6.07, 6.45) is -4.94. The van der Waals surface area contributed by atoms with Gasteiger partial charge < -0.3 is 45.4 Å². The number of aryl methyl sites for hydroxylation is 1. The Morgan fingerprint density at radius 2 is 1.75 bits per heavy atom. The van der Waals surface area contributed by atoms with Crippen LogP contribution in [-0.4, -0.2) is 117 Å². The van der Waals surface area contributed by atoms with Gasteiger partial charge in [0.2, 0.25) is 24.0 Å². The number of ether oxygens (including phenoxy) is 2. The number of aromatic amines is 1. The Labute approximate surface area is 258 Å². The molecule has 44 heavy (non-hydrogen) atoms. The van der Waals surface area contributed by atoms with Crippen molar-refractivity contribution >= 4 is 11.8 Å². The Balaban J connectivity index is 1.57. The molecule has 1 aliphatic heterocycles. The predicted octanol–water partition coefficient (Wildman–Crippen LogP) is 0.198. The van der Waals surface area contributed by atoms with Crippen molar-refractivity contribution in [1.82, 2.24) is 25.7 Å². The molecular weight excluding hydrogens is 570 g/mol. The molecule has 2 aromatic rings. The maximum Gasteiger partial charge on any atom is 0.245 e. The first-order chi connectivity index (χ1) is 20.7. The van der Waals surface area contributed by atoms with Crippen LogP contribution in [0.3, 0.4) is 0 Å². The molecule has 0 aliphatic carbocycles. The molecule has 0 spiro atoms. The lowest BCUT2D eigenvalue weighted by molar-refractivity contribution is -0.278. The highest BCUT2D eigenvalue weighted by Gasteiger charge is 2.45. The zero-order valence-electron chi connectivity index (χ0n) is 26.5. The number of likely N-dealkylation sites (N-methyl/N-ethyl adjacent to an activating group) is 1. The molecule has 2 heterocycles. The third-order valence-corrected chi connectivity index (χ3v) is 7.65. The second-order valence-corrected chi connectivity index (χ2v) is 12.5. The molecule has 5 atom stereocenters. The number of aliphatic hydroxyl groups excluding tert-OH is 4. The number of rotatable bonds is 15. The zero-order chi connectivity index (χ0) is 32.6. The van der Waals surface area contributed by atoms with Crippen molar-refractivity contribution in [3.8, 4) is 5.88 Å². The van der Waals surface area contributed by atoms with Crippen LogP contribution in [0.25, 0.3) is 0 Å². The number of benzene rings is 1. The van der Waals surface area contributed by atoms with Gasteiger partial charge in [-0.05, 0) is 57.8 Å². The lowest BCUT2D eigenvalue weighted by atomic mass is 9.97. The van der Waals surface area contributed by atoms with Gasteiger partial charge >= 0.3 is 0 Å². The van der Waals surface area contributed by atoms with E-state index in [-0.39, 0.29) is 23.6 Å². The van der Waals surface area contributed by atoms with Crippen molar-refractivity contribution < 1.29 is 39.5 Å². The quantitative estimate of drug-likeness (QED) is 0.145. The van der Waals surface area contributed by atoms with Crippen LogP contribution >= 0.6 is 0 Å². The van der Waals surface area contributed by atoms with E-state index >= 15 is 0 Å². The summed E-state index contributed by atoms with van der Waals surface area (Å²) in [5, 5.41) is 53.1. The number of hydrogen-bond acceptors (Lipinski definition) is 10. The minimum atomic E-state index is -1.56. The molecule has 13 nitrogen and oxygen atoms in total. The van der Waals surface area contributed by atoms with E-state index in [1.807, 2.05) is 57.1 Å². The number of carbonyl (C=O) groups is 2. The number of hydrogen-bond donors (Lipinski definition) is 7. The first-order valence-electron chi connectivity index (χ1n) is 15.1. The first-order valence-corrected chi connectivity index (χ1v) is 15.1. The zero-order valence-corrected chi connectivity index (χ0v) is 26.5. The van der Waals surface area contributed by atoms with E-state index in [1.165, 1.54) is 0 Å². The molecule has 1 aromatic heterocycles. The molecule has 0 radical (unpaired) electrons. The molecular formula is C31H49N5O8. The predicted molar refractivity (Wildman–Crippen MR) is 163 cm³/mol. The van der Waals surface area contributed by atoms with Crippen molar-refractivity contribution in [3.63, 3.8) is 0 Å². The number of H-pyrrole nitrogens is 1. The molecule has 0 bridgehead atoms. The minimum Gasteiger partial charge on any atom is -0.443 e. The number of nitrogens with zero attached hydrogens (tertiary/aromatic N) is 2. The van der Waals surface area contributed by atoms with Crippen LogP contribution < -0.4 is 15.4 Å².